The molecule has 2 unspecified atom stereocenters. The van der Waals surface area contributed by atoms with Gasteiger partial charge in [-0.2, -0.15) is 0 Å². The van der Waals surface area contributed by atoms with E-state index in [1.165, 1.54) is 25.8 Å². The lowest BCUT2D eigenvalue weighted by molar-refractivity contribution is 0.137. The predicted octanol–water partition coefficient (Wildman–Crippen LogP) is 3.64. The monoisotopic (exact) mass is 267 g/mol. The number of aliphatic hydroxyl groups is 1. The third-order valence-corrected chi connectivity index (χ3v) is 4.13. The van der Waals surface area contributed by atoms with Gasteiger partial charge in [-0.15, -0.1) is 0 Å². The molecule has 2 atom stereocenters. The first-order valence-corrected chi connectivity index (χ1v) is 7.26. The number of hydrogen-bond acceptors (Lipinski definition) is 2. The van der Waals surface area contributed by atoms with Crippen molar-refractivity contribution in [2.75, 3.05) is 13.1 Å². The zero-order valence-corrected chi connectivity index (χ0v) is 11.7. The Morgan fingerprint density at radius 2 is 2.33 bits per heavy atom. The van der Waals surface area contributed by atoms with Crippen LogP contribution in [-0.4, -0.2) is 29.1 Å². The highest BCUT2D eigenvalue weighted by atomic mass is 35.5. The van der Waals surface area contributed by atoms with E-state index in [2.05, 4.69) is 11.8 Å². The number of nitrogens with zero attached hydrogens (tertiary/aromatic N) is 1. The van der Waals surface area contributed by atoms with E-state index < -0.39 is 6.10 Å². The molecule has 1 aliphatic rings. The molecule has 2 rings (SSSR count). The second-order valence-corrected chi connectivity index (χ2v) is 5.54. The second kappa shape index (κ2) is 6.55. The fraction of sp³-hybridized carbons (Fsp3) is 0.600. The van der Waals surface area contributed by atoms with Crippen LogP contribution in [0.25, 0.3) is 0 Å². The lowest BCUT2D eigenvalue weighted by atomic mass is 10.1. The van der Waals surface area contributed by atoms with Crippen LogP contribution in [0.4, 0.5) is 0 Å². The predicted molar refractivity (Wildman–Crippen MR) is 75.9 cm³/mol. The average Bonchev–Trinajstić information content (AvgIpc) is 2.83. The first-order chi connectivity index (χ1) is 8.70. The second-order valence-electron chi connectivity index (χ2n) is 5.10. The first-order valence-electron chi connectivity index (χ1n) is 6.88. The molecule has 0 radical (unpaired) electrons. The number of benzene rings is 1. The molecular weight excluding hydrogens is 246 g/mol. The highest BCUT2D eigenvalue weighted by molar-refractivity contribution is 6.30. The summed E-state index contributed by atoms with van der Waals surface area (Å²) >= 11 is 5.94. The zero-order chi connectivity index (χ0) is 13.0. The molecule has 0 aliphatic carbocycles. The van der Waals surface area contributed by atoms with Crippen molar-refractivity contribution in [3.05, 3.63) is 34.9 Å². The van der Waals surface area contributed by atoms with Gasteiger partial charge in [-0.25, -0.2) is 0 Å². The van der Waals surface area contributed by atoms with Crippen LogP contribution < -0.4 is 0 Å². The standard InChI is InChI=1S/C15H22ClNO/c1-2-14-7-4-9-17(14)10-8-15(18)12-5-3-6-13(16)11-12/h3,5-6,11,14-15,18H,2,4,7-10H2,1H3. The highest BCUT2D eigenvalue weighted by Gasteiger charge is 2.23. The van der Waals surface area contributed by atoms with Gasteiger partial charge in [0.2, 0.25) is 0 Å². The van der Waals surface area contributed by atoms with Gasteiger partial charge in [0.05, 0.1) is 6.10 Å². The van der Waals surface area contributed by atoms with E-state index in [9.17, 15) is 5.11 Å². The van der Waals surface area contributed by atoms with Crippen molar-refractivity contribution >= 4 is 11.6 Å². The van der Waals surface area contributed by atoms with Crippen LogP contribution in [0, 0.1) is 0 Å². The van der Waals surface area contributed by atoms with Gasteiger partial charge in [-0.05, 0) is 49.9 Å². The van der Waals surface area contributed by atoms with Crippen molar-refractivity contribution in [2.24, 2.45) is 0 Å². The molecule has 0 spiro atoms. The smallest absolute Gasteiger partial charge is 0.0802 e. The van der Waals surface area contributed by atoms with Crippen LogP contribution >= 0.6 is 11.6 Å². The summed E-state index contributed by atoms with van der Waals surface area (Å²) in [5, 5.41) is 10.9. The molecule has 1 aromatic rings. The fourth-order valence-corrected chi connectivity index (χ4v) is 3.02. The molecule has 0 bridgehead atoms. The van der Waals surface area contributed by atoms with Crippen molar-refractivity contribution in [3.8, 4) is 0 Å². The van der Waals surface area contributed by atoms with Crippen molar-refractivity contribution in [1.82, 2.24) is 4.90 Å². The first kappa shape index (κ1) is 13.9. The molecule has 1 aliphatic heterocycles. The Kier molecular flexibility index (Phi) is 5.04. The van der Waals surface area contributed by atoms with Gasteiger partial charge in [0.1, 0.15) is 0 Å². The molecule has 3 heteroatoms. The number of hydrogen-bond donors (Lipinski definition) is 1. The van der Waals surface area contributed by atoms with E-state index in [1.807, 2.05) is 24.3 Å². The van der Waals surface area contributed by atoms with Crippen molar-refractivity contribution in [1.29, 1.82) is 0 Å². The van der Waals surface area contributed by atoms with Gasteiger partial charge < -0.3 is 10.0 Å². The number of rotatable bonds is 5. The van der Waals surface area contributed by atoms with Crippen LogP contribution in [0.2, 0.25) is 5.02 Å². The van der Waals surface area contributed by atoms with Crippen LogP contribution in [0.5, 0.6) is 0 Å². The van der Waals surface area contributed by atoms with E-state index in [-0.39, 0.29) is 0 Å². The quantitative estimate of drug-likeness (QED) is 0.881. The maximum absolute atomic E-state index is 10.2. The third kappa shape index (κ3) is 3.47. The van der Waals surface area contributed by atoms with Gasteiger partial charge in [0, 0.05) is 17.6 Å². The molecule has 1 fully saturated rings. The lowest BCUT2D eigenvalue weighted by Gasteiger charge is -2.24. The van der Waals surface area contributed by atoms with Crippen LogP contribution in [0.3, 0.4) is 0 Å². The molecule has 1 aromatic carbocycles. The minimum absolute atomic E-state index is 0.401. The Morgan fingerprint density at radius 3 is 3.06 bits per heavy atom. The molecule has 0 saturated carbocycles. The fourth-order valence-electron chi connectivity index (χ4n) is 2.82. The average molecular weight is 268 g/mol. The maximum Gasteiger partial charge on any atom is 0.0802 e. The van der Waals surface area contributed by atoms with Gasteiger partial charge >= 0.3 is 0 Å². The van der Waals surface area contributed by atoms with Crippen molar-refractivity contribution < 1.29 is 5.11 Å². The molecule has 18 heavy (non-hydrogen) atoms. The Bertz CT molecular complexity index is 383. The van der Waals surface area contributed by atoms with Gasteiger partial charge in [0.15, 0.2) is 0 Å². The highest BCUT2D eigenvalue weighted by Crippen LogP contribution is 2.24. The van der Waals surface area contributed by atoms with Gasteiger partial charge in [-0.1, -0.05) is 30.7 Å². The van der Waals surface area contributed by atoms with E-state index in [0.717, 1.165) is 24.6 Å². The van der Waals surface area contributed by atoms with Crippen LogP contribution in [0.15, 0.2) is 24.3 Å². The van der Waals surface area contributed by atoms with Crippen molar-refractivity contribution in [3.63, 3.8) is 0 Å². The summed E-state index contributed by atoms with van der Waals surface area (Å²) < 4.78 is 0. The van der Waals surface area contributed by atoms with Gasteiger partial charge in [0.25, 0.3) is 0 Å². The number of aliphatic hydroxyl groups excluding tert-OH is 1. The summed E-state index contributed by atoms with van der Waals surface area (Å²) in [4.78, 5) is 2.51. The van der Waals surface area contributed by atoms with Gasteiger partial charge in [-0.3, -0.25) is 0 Å². The summed E-state index contributed by atoms with van der Waals surface area (Å²) in [7, 11) is 0. The topological polar surface area (TPSA) is 23.5 Å². The van der Waals surface area contributed by atoms with Crippen LogP contribution in [0.1, 0.15) is 44.3 Å². The minimum Gasteiger partial charge on any atom is -0.388 e. The Balaban J connectivity index is 1.86. The zero-order valence-electron chi connectivity index (χ0n) is 11.0. The Labute approximate surface area is 115 Å². The van der Waals surface area contributed by atoms with E-state index in [1.54, 1.807) is 0 Å². The number of likely N-dealkylation sites (tertiary alicyclic amines) is 1. The third-order valence-electron chi connectivity index (χ3n) is 3.89. The number of halogens is 1. The summed E-state index contributed by atoms with van der Waals surface area (Å²) in [5.41, 5.74) is 0.926. The normalized spacial score (nSPS) is 22.3. The molecular formula is C15H22ClNO. The molecule has 1 N–H and O–H groups in total. The SMILES string of the molecule is CCC1CCCN1CCC(O)c1cccc(Cl)c1. The molecule has 100 valence electrons. The summed E-state index contributed by atoms with van der Waals surface area (Å²) in [6, 6.07) is 8.25. The molecule has 0 aromatic heterocycles. The summed E-state index contributed by atoms with van der Waals surface area (Å²) in [6.45, 7) is 4.41. The molecule has 2 nitrogen and oxygen atoms in total. The summed E-state index contributed by atoms with van der Waals surface area (Å²) in [5.74, 6) is 0. The summed E-state index contributed by atoms with van der Waals surface area (Å²) in [6.07, 6.45) is 4.21. The van der Waals surface area contributed by atoms with Crippen LogP contribution in [-0.2, 0) is 0 Å². The molecule has 1 heterocycles. The van der Waals surface area contributed by atoms with E-state index in [4.69, 9.17) is 11.6 Å². The minimum atomic E-state index is -0.401. The largest absolute Gasteiger partial charge is 0.388 e. The van der Waals surface area contributed by atoms with Crippen molar-refractivity contribution in [2.45, 2.75) is 44.8 Å². The maximum atomic E-state index is 10.2. The van der Waals surface area contributed by atoms with E-state index >= 15 is 0 Å². The molecule has 0 amide bonds. The Hall–Kier alpha value is -0.570. The lowest BCUT2D eigenvalue weighted by Crippen LogP contribution is -2.30. The molecule has 1 saturated heterocycles. The Morgan fingerprint density at radius 1 is 1.50 bits per heavy atom. The van der Waals surface area contributed by atoms with E-state index in [0.29, 0.717) is 5.02 Å².